The van der Waals surface area contributed by atoms with E-state index in [0.29, 0.717) is 50.4 Å². The van der Waals surface area contributed by atoms with E-state index in [1.807, 2.05) is 6.07 Å². The van der Waals surface area contributed by atoms with Crippen LogP contribution >= 0.6 is 11.6 Å². The molecule has 1 amide bonds. The first-order valence-corrected chi connectivity index (χ1v) is 15.2. The van der Waals surface area contributed by atoms with E-state index < -0.39 is 27.5 Å². The predicted molar refractivity (Wildman–Crippen MR) is 153 cm³/mol. The van der Waals surface area contributed by atoms with E-state index in [9.17, 15) is 18.0 Å². The lowest BCUT2D eigenvalue weighted by atomic mass is 9.95. The zero-order valence-electron chi connectivity index (χ0n) is 22.9. The van der Waals surface area contributed by atoms with Crippen molar-refractivity contribution in [2.75, 3.05) is 42.9 Å². The number of carbonyl (C=O) groups excluding carboxylic acids is 1. The average molecular weight is 597 g/mol. The summed E-state index contributed by atoms with van der Waals surface area (Å²) in [6.07, 6.45) is 2.49. The molecule has 40 heavy (non-hydrogen) atoms. The topological polar surface area (TPSA) is 144 Å². The van der Waals surface area contributed by atoms with Gasteiger partial charge in [-0.2, -0.15) is 17.8 Å². The van der Waals surface area contributed by atoms with E-state index in [1.54, 1.807) is 45.0 Å². The third-order valence-electron chi connectivity index (χ3n) is 6.80. The molecule has 1 aromatic heterocycles. The van der Waals surface area contributed by atoms with Gasteiger partial charge in [-0.15, -0.1) is 0 Å². The smallest absolute Gasteiger partial charge is 0.407 e. The summed E-state index contributed by atoms with van der Waals surface area (Å²) in [6, 6.07) is 8.25. The van der Waals surface area contributed by atoms with Crippen LogP contribution in [-0.4, -0.2) is 73.1 Å². The number of piperidine rings is 1. The molecule has 0 spiro atoms. The number of alkyl carbamates (subject to hydrolysis) is 1. The molecule has 0 unspecified atom stereocenters. The Morgan fingerprint density at radius 2 is 1.88 bits per heavy atom. The third-order valence-corrected chi connectivity index (χ3v) is 8.71. The van der Waals surface area contributed by atoms with E-state index >= 15 is 0 Å². The van der Waals surface area contributed by atoms with Crippen LogP contribution < -0.4 is 20.9 Å². The van der Waals surface area contributed by atoms with Crippen molar-refractivity contribution in [3.05, 3.63) is 51.9 Å². The molecule has 220 valence electrons. The van der Waals surface area contributed by atoms with Crippen molar-refractivity contribution in [2.24, 2.45) is 5.92 Å². The van der Waals surface area contributed by atoms with Crippen LogP contribution in [-0.2, 0) is 19.7 Å². The number of hydrogen-bond acceptors (Lipinski definition) is 8. The number of carbonyl (C=O) groups is 1. The fourth-order valence-corrected chi connectivity index (χ4v) is 6.22. The molecule has 2 fully saturated rings. The molecule has 14 heteroatoms. The molecule has 12 nitrogen and oxygen atoms in total. The zero-order valence-corrected chi connectivity index (χ0v) is 24.5. The van der Waals surface area contributed by atoms with Gasteiger partial charge in [-0.25, -0.2) is 9.48 Å². The van der Waals surface area contributed by atoms with Gasteiger partial charge in [0.15, 0.2) is 0 Å². The summed E-state index contributed by atoms with van der Waals surface area (Å²) >= 11 is 6.45. The molecule has 0 bridgehead atoms. The summed E-state index contributed by atoms with van der Waals surface area (Å²) < 4.78 is 41.8. The number of rotatable bonds is 8. The first-order valence-electron chi connectivity index (χ1n) is 13.3. The molecule has 2 atom stereocenters. The summed E-state index contributed by atoms with van der Waals surface area (Å²) in [6.45, 7) is 7.26. The van der Waals surface area contributed by atoms with Gasteiger partial charge < -0.3 is 20.1 Å². The van der Waals surface area contributed by atoms with Crippen molar-refractivity contribution >= 4 is 39.3 Å². The van der Waals surface area contributed by atoms with Crippen LogP contribution in [0.15, 0.2) is 41.3 Å². The Morgan fingerprint density at radius 1 is 1.18 bits per heavy atom. The zero-order chi connectivity index (χ0) is 28.9. The van der Waals surface area contributed by atoms with E-state index in [4.69, 9.17) is 21.1 Å². The first kappa shape index (κ1) is 30.1. The minimum Gasteiger partial charge on any atom is -0.444 e. The number of ether oxygens (including phenoxy) is 2. The van der Waals surface area contributed by atoms with Gasteiger partial charge >= 0.3 is 16.3 Å². The van der Waals surface area contributed by atoms with Crippen molar-refractivity contribution in [3.63, 3.8) is 0 Å². The summed E-state index contributed by atoms with van der Waals surface area (Å²) in [7, 11) is -3.71. The Bertz CT molecular complexity index is 1330. The van der Waals surface area contributed by atoms with Gasteiger partial charge in [-0.05, 0) is 52.2 Å². The van der Waals surface area contributed by atoms with Crippen LogP contribution in [0, 0.1) is 5.92 Å². The summed E-state index contributed by atoms with van der Waals surface area (Å²) in [5.74, 6) is -0.0736. The number of nitrogens with one attached hydrogen (secondary N) is 3. The molecule has 2 aliphatic rings. The maximum absolute atomic E-state index is 13.1. The van der Waals surface area contributed by atoms with Gasteiger partial charge in [0, 0.05) is 43.9 Å². The second kappa shape index (κ2) is 12.8. The molecule has 0 aliphatic carbocycles. The van der Waals surface area contributed by atoms with Crippen molar-refractivity contribution in [1.82, 2.24) is 19.4 Å². The number of amides is 1. The molecule has 2 saturated heterocycles. The Balaban J connectivity index is 1.34. The highest BCUT2D eigenvalue weighted by Gasteiger charge is 2.31. The summed E-state index contributed by atoms with van der Waals surface area (Å²) in [5, 5.41) is 10.4. The quantitative estimate of drug-likeness (QED) is 0.421. The molecule has 4 rings (SSSR count). The van der Waals surface area contributed by atoms with E-state index in [2.05, 4.69) is 20.5 Å². The highest BCUT2D eigenvalue weighted by atomic mass is 35.5. The van der Waals surface area contributed by atoms with Crippen LogP contribution in [0.4, 0.5) is 16.2 Å². The fraction of sp³-hybridized carbons (Fsp3) is 0.577. The van der Waals surface area contributed by atoms with Crippen LogP contribution in [0.1, 0.15) is 46.1 Å². The minimum atomic E-state index is -3.71. The van der Waals surface area contributed by atoms with Gasteiger partial charge in [0.25, 0.3) is 5.56 Å². The molecule has 2 aliphatic heterocycles. The lowest BCUT2D eigenvalue weighted by Gasteiger charge is -2.33. The molecule has 3 heterocycles. The van der Waals surface area contributed by atoms with Gasteiger partial charge in [0.05, 0.1) is 24.5 Å². The normalized spacial score (nSPS) is 21.0. The van der Waals surface area contributed by atoms with Crippen LogP contribution in [0.2, 0.25) is 5.02 Å². The van der Waals surface area contributed by atoms with Gasteiger partial charge in [0.1, 0.15) is 10.6 Å². The number of aromatic nitrogens is 2. The van der Waals surface area contributed by atoms with Crippen molar-refractivity contribution in [2.45, 2.75) is 57.7 Å². The number of anilines is 2. The molecular formula is C26H37ClN6O6S. The highest BCUT2D eigenvalue weighted by Crippen LogP contribution is 2.26. The average Bonchev–Trinajstić information content (AvgIpc) is 2.90. The number of benzene rings is 1. The lowest BCUT2D eigenvalue weighted by Crippen LogP contribution is -2.49. The maximum atomic E-state index is 13.1. The van der Waals surface area contributed by atoms with Crippen molar-refractivity contribution < 1.29 is 22.7 Å². The Morgan fingerprint density at radius 3 is 2.55 bits per heavy atom. The second-order valence-corrected chi connectivity index (χ2v) is 13.0. The van der Waals surface area contributed by atoms with E-state index in [1.165, 1.54) is 15.2 Å². The standard InChI is InChI=1S/C26H37ClN6O6S/c1-26(2,3)39-25(35)30-21-11-14-38-17-18(21)15-28-22-16-29-33(24(34)23(22)27)20-9-12-32(13-10-20)40(36,37)31-19-7-5-4-6-8-19/h4-8,16,18,20-21,28,31H,9-15,17H2,1-3H3,(H,30,35)/t18-,21-/m1/s1. The highest BCUT2D eigenvalue weighted by molar-refractivity contribution is 7.90. The third kappa shape index (κ3) is 7.87. The first-order chi connectivity index (χ1) is 18.9. The van der Waals surface area contributed by atoms with Gasteiger partial charge in [0.2, 0.25) is 0 Å². The van der Waals surface area contributed by atoms with Crippen LogP contribution in [0.25, 0.3) is 0 Å². The molecule has 0 radical (unpaired) electrons. The Hall–Kier alpha value is -2.87. The Labute approximate surface area is 239 Å². The maximum Gasteiger partial charge on any atom is 0.407 e. The van der Waals surface area contributed by atoms with Crippen LogP contribution in [0.5, 0.6) is 0 Å². The van der Waals surface area contributed by atoms with Gasteiger partial charge in [-0.3, -0.25) is 9.52 Å². The minimum absolute atomic E-state index is 0.00387. The molecule has 2 aromatic rings. The van der Waals surface area contributed by atoms with Crippen molar-refractivity contribution in [3.8, 4) is 0 Å². The van der Waals surface area contributed by atoms with Crippen LogP contribution in [0.3, 0.4) is 0 Å². The van der Waals surface area contributed by atoms with E-state index in [0.717, 1.165) is 0 Å². The number of para-hydroxylation sites is 1. The van der Waals surface area contributed by atoms with Gasteiger partial charge in [-0.1, -0.05) is 29.8 Å². The largest absolute Gasteiger partial charge is 0.444 e. The second-order valence-electron chi connectivity index (χ2n) is 11.0. The molecular weight excluding hydrogens is 560 g/mol. The predicted octanol–water partition coefficient (Wildman–Crippen LogP) is 3.23. The summed E-state index contributed by atoms with van der Waals surface area (Å²) in [4.78, 5) is 25.4. The fourth-order valence-electron chi connectivity index (χ4n) is 4.76. The van der Waals surface area contributed by atoms with E-state index in [-0.39, 0.29) is 36.1 Å². The monoisotopic (exact) mass is 596 g/mol. The molecule has 0 saturated carbocycles. The lowest BCUT2D eigenvalue weighted by molar-refractivity contribution is 0.0210. The molecule has 1 aromatic carbocycles. The molecule has 3 N–H and O–H groups in total. The number of nitrogens with zero attached hydrogens (tertiary/aromatic N) is 3. The summed E-state index contributed by atoms with van der Waals surface area (Å²) in [5.41, 5.74) is -0.171. The Kier molecular flexibility index (Phi) is 9.60. The number of hydrogen-bond donors (Lipinski definition) is 3. The SMILES string of the molecule is CC(C)(C)OC(=O)N[C@@H]1CCOC[C@H]1CNc1cnn(C2CCN(S(=O)(=O)Nc3ccccc3)CC2)c(=O)c1Cl. The van der Waals surface area contributed by atoms with Crippen molar-refractivity contribution in [1.29, 1.82) is 0 Å². The number of halogens is 1.